The zero-order chi connectivity index (χ0) is 31.6. The van der Waals surface area contributed by atoms with E-state index in [2.05, 4.69) is 102 Å². The largest absolute Gasteiger partial charge is 0.309 e. The fraction of sp³-hybridized carbons (Fsp3) is 0. The van der Waals surface area contributed by atoms with Crippen molar-refractivity contribution in [3.8, 4) is 39.9 Å². The molecular formula is C43H26N4S. The topological polar surface area (TPSA) is 43.6 Å². The predicted molar refractivity (Wildman–Crippen MR) is 201 cm³/mol. The van der Waals surface area contributed by atoms with Gasteiger partial charge in [0.05, 0.1) is 11.0 Å². The number of nitrogens with zero attached hydrogens (tertiary/aromatic N) is 4. The maximum absolute atomic E-state index is 4.98. The van der Waals surface area contributed by atoms with Gasteiger partial charge >= 0.3 is 0 Å². The summed E-state index contributed by atoms with van der Waals surface area (Å²) >= 11 is 1.82. The van der Waals surface area contributed by atoms with Gasteiger partial charge in [0.15, 0.2) is 17.5 Å². The monoisotopic (exact) mass is 630 g/mol. The highest BCUT2D eigenvalue weighted by atomic mass is 32.1. The van der Waals surface area contributed by atoms with Crippen molar-refractivity contribution in [3.63, 3.8) is 0 Å². The summed E-state index contributed by atoms with van der Waals surface area (Å²) in [5.74, 6) is 2.00. The Morgan fingerprint density at radius 3 is 1.79 bits per heavy atom. The van der Waals surface area contributed by atoms with Crippen molar-refractivity contribution >= 4 is 64.1 Å². The molecule has 5 heteroatoms. The van der Waals surface area contributed by atoms with Crippen molar-refractivity contribution in [2.75, 3.05) is 0 Å². The lowest BCUT2D eigenvalue weighted by Gasteiger charge is -2.09. The molecule has 0 atom stereocenters. The normalized spacial score (nSPS) is 11.8. The second kappa shape index (κ2) is 10.7. The number of hydrogen-bond acceptors (Lipinski definition) is 4. The summed E-state index contributed by atoms with van der Waals surface area (Å²) in [7, 11) is 0. The third-order valence-corrected chi connectivity index (χ3v) is 10.4. The van der Waals surface area contributed by atoms with Gasteiger partial charge in [0.25, 0.3) is 0 Å². The molecule has 10 aromatic rings. The molecule has 0 aliphatic carbocycles. The van der Waals surface area contributed by atoms with Crippen LogP contribution in [0, 0.1) is 0 Å². The molecule has 0 aliphatic heterocycles. The molecule has 0 amide bonds. The maximum atomic E-state index is 4.98. The van der Waals surface area contributed by atoms with Gasteiger partial charge in [-0.15, -0.1) is 11.3 Å². The zero-order valence-electron chi connectivity index (χ0n) is 25.7. The van der Waals surface area contributed by atoms with Crippen LogP contribution in [0.25, 0.3) is 92.6 Å². The van der Waals surface area contributed by atoms with E-state index >= 15 is 0 Å². The van der Waals surface area contributed by atoms with E-state index in [-0.39, 0.29) is 0 Å². The maximum Gasteiger partial charge on any atom is 0.164 e. The Bertz CT molecular complexity index is 2780. The molecule has 10 rings (SSSR count). The molecule has 4 nitrogen and oxygen atoms in total. The second-order valence-corrected chi connectivity index (χ2v) is 13.1. The highest BCUT2D eigenvalue weighted by Gasteiger charge is 2.17. The van der Waals surface area contributed by atoms with Crippen LogP contribution in [0.3, 0.4) is 0 Å². The highest BCUT2D eigenvalue weighted by molar-refractivity contribution is 7.25. The van der Waals surface area contributed by atoms with E-state index in [9.17, 15) is 0 Å². The molecule has 3 heterocycles. The highest BCUT2D eigenvalue weighted by Crippen LogP contribution is 2.40. The van der Waals surface area contributed by atoms with Gasteiger partial charge in [-0.1, -0.05) is 115 Å². The SMILES string of the molecule is c1ccc(-c2nc(-c3ccccc3)nc(-c3ccc4sc5cc(-n6c7ccccc7c7c8ccccc8ccc76)ccc5c4c3)n2)cc1. The smallest absolute Gasteiger partial charge is 0.164 e. The molecule has 3 aromatic heterocycles. The fourth-order valence-electron chi connectivity index (χ4n) is 7.00. The van der Waals surface area contributed by atoms with E-state index < -0.39 is 0 Å². The van der Waals surface area contributed by atoms with Crippen LogP contribution >= 0.6 is 11.3 Å². The molecule has 0 aliphatic rings. The van der Waals surface area contributed by atoms with Gasteiger partial charge in [-0.05, 0) is 53.2 Å². The predicted octanol–water partition coefficient (Wildman–Crippen LogP) is 11.5. The Hall–Kier alpha value is -6.17. The molecule has 0 spiro atoms. The van der Waals surface area contributed by atoms with E-state index in [1.807, 2.05) is 72.0 Å². The van der Waals surface area contributed by atoms with E-state index in [1.165, 1.54) is 52.8 Å². The number of rotatable bonds is 4. The van der Waals surface area contributed by atoms with Gasteiger partial charge < -0.3 is 4.57 Å². The van der Waals surface area contributed by atoms with Gasteiger partial charge in [0.2, 0.25) is 0 Å². The Labute approximate surface area is 280 Å². The molecule has 0 radical (unpaired) electrons. The first-order chi connectivity index (χ1) is 23.8. The zero-order valence-corrected chi connectivity index (χ0v) is 26.5. The molecule has 224 valence electrons. The quantitative estimate of drug-likeness (QED) is 0.194. The number of para-hydroxylation sites is 1. The van der Waals surface area contributed by atoms with E-state index in [0.29, 0.717) is 17.5 Å². The number of benzene rings is 7. The van der Waals surface area contributed by atoms with Crippen molar-refractivity contribution < 1.29 is 0 Å². The Kier molecular flexibility index (Phi) is 6.01. The van der Waals surface area contributed by atoms with Gasteiger partial charge in [0, 0.05) is 53.3 Å². The molecular weight excluding hydrogens is 605 g/mol. The summed E-state index contributed by atoms with van der Waals surface area (Å²) in [6.45, 7) is 0. The summed E-state index contributed by atoms with van der Waals surface area (Å²) in [6, 6.07) is 55.6. The number of thiophene rings is 1. The van der Waals surface area contributed by atoms with Gasteiger partial charge in [-0.3, -0.25) is 0 Å². The minimum atomic E-state index is 0.665. The standard InChI is InChI=1S/C43H26N4S/c1-3-12-28(13-4-1)41-44-42(29-14-5-2-6-15-29)46-43(45-41)30-20-24-38-35(25-30)33-22-21-31(26-39(33)48-38)47-36-18-10-9-17-34(36)40-32-16-8-7-11-27(32)19-23-37(40)47/h1-26H. The Balaban J connectivity index is 1.14. The van der Waals surface area contributed by atoms with Crippen molar-refractivity contribution in [2.45, 2.75) is 0 Å². The van der Waals surface area contributed by atoms with E-state index in [1.54, 1.807) is 0 Å². The van der Waals surface area contributed by atoms with Gasteiger partial charge in [0.1, 0.15) is 0 Å². The van der Waals surface area contributed by atoms with E-state index in [0.717, 1.165) is 22.4 Å². The average Bonchev–Trinajstić information content (AvgIpc) is 3.70. The molecule has 0 fully saturated rings. The summed E-state index contributed by atoms with van der Waals surface area (Å²) < 4.78 is 4.89. The summed E-state index contributed by atoms with van der Waals surface area (Å²) in [5, 5.41) is 7.54. The number of fused-ring (bicyclic) bond motifs is 8. The van der Waals surface area contributed by atoms with Crippen molar-refractivity contribution in [2.24, 2.45) is 0 Å². The van der Waals surface area contributed by atoms with Gasteiger partial charge in [-0.25, -0.2) is 15.0 Å². The van der Waals surface area contributed by atoms with Crippen LogP contribution < -0.4 is 0 Å². The van der Waals surface area contributed by atoms with Crippen LogP contribution in [0.4, 0.5) is 0 Å². The van der Waals surface area contributed by atoms with Crippen LogP contribution in [0.2, 0.25) is 0 Å². The van der Waals surface area contributed by atoms with Crippen LogP contribution in [-0.4, -0.2) is 19.5 Å². The van der Waals surface area contributed by atoms with Crippen molar-refractivity contribution in [1.82, 2.24) is 19.5 Å². The molecule has 0 N–H and O–H groups in total. The lowest BCUT2D eigenvalue weighted by Crippen LogP contribution is -2.00. The lowest BCUT2D eigenvalue weighted by molar-refractivity contribution is 1.07. The van der Waals surface area contributed by atoms with E-state index in [4.69, 9.17) is 15.0 Å². The summed E-state index contributed by atoms with van der Waals surface area (Å²) in [5.41, 5.74) is 6.49. The van der Waals surface area contributed by atoms with Crippen LogP contribution in [0.1, 0.15) is 0 Å². The first-order valence-corrected chi connectivity index (χ1v) is 16.9. The molecule has 0 bridgehead atoms. The first kappa shape index (κ1) is 27.0. The average molecular weight is 631 g/mol. The molecule has 0 saturated carbocycles. The third kappa shape index (κ3) is 4.25. The van der Waals surface area contributed by atoms with Crippen LogP contribution in [0.5, 0.6) is 0 Å². The lowest BCUT2D eigenvalue weighted by atomic mass is 10.0. The number of hydrogen-bond donors (Lipinski definition) is 0. The van der Waals surface area contributed by atoms with Crippen LogP contribution in [-0.2, 0) is 0 Å². The fourth-order valence-corrected chi connectivity index (χ4v) is 8.12. The Morgan fingerprint density at radius 2 is 1.04 bits per heavy atom. The third-order valence-electron chi connectivity index (χ3n) is 9.23. The number of aromatic nitrogens is 4. The minimum absolute atomic E-state index is 0.665. The summed E-state index contributed by atoms with van der Waals surface area (Å²) in [6.07, 6.45) is 0. The van der Waals surface area contributed by atoms with Gasteiger partial charge in [-0.2, -0.15) is 0 Å². The molecule has 48 heavy (non-hydrogen) atoms. The molecule has 0 saturated heterocycles. The Morgan fingerprint density at radius 1 is 0.396 bits per heavy atom. The minimum Gasteiger partial charge on any atom is -0.309 e. The summed E-state index contributed by atoms with van der Waals surface area (Å²) in [4.78, 5) is 14.8. The van der Waals surface area contributed by atoms with Crippen LogP contribution in [0.15, 0.2) is 158 Å². The van der Waals surface area contributed by atoms with Crippen molar-refractivity contribution in [1.29, 1.82) is 0 Å². The van der Waals surface area contributed by atoms with Crippen molar-refractivity contribution in [3.05, 3.63) is 158 Å². The molecule has 0 unspecified atom stereocenters. The second-order valence-electron chi connectivity index (χ2n) is 12.1. The molecule has 7 aromatic carbocycles. The first-order valence-electron chi connectivity index (χ1n) is 16.0.